The summed E-state index contributed by atoms with van der Waals surface area (Å²) in [5, 5.41) is 0. The van der Waals surface area contributed by atoms with E-state index in [9.17, 15) is 13.2 Å². The molecule has 0 aliphatic carbocycles. The van der Waals surface area contributed by atoms with E-state index in [1.54, 1.807) is 43.0 Å². The molecule has 0 bridgehead atoms. The number of thioether (sulfide) groups is 1. The summed E-state index contributed by atoms with van der Waals surface area (Å²) in [4.78, 5) is 17.9. The van der Waals surface area contributed by atoms with Crippen molar-refractivity contribution in [3.05, 3.63) is 58.9 Å². The highest BCUT2D eigenvalue weighted by molar-refractivity contribution is 7.98. The van der Waals surface area contributed by atoms with Crippen molar-refractivity contribution >= 4 is 49.1 Å². The summed E-state index contributed by atoms with van der Waals surface area (Å²) in [5.74, 6) is 0.758. The lowest BCUT2D eigenvalue weighted by Gasteiger charge is -2.04. The van der Waals surface area contributed by atoms with Crippen molar-refractivity contribution in [2.75, 3.05) is 17.8 Å². The van der Waals surface area contributed by atoms with E-state index in [1.165, 1.54) is 11.3 Å². The van der Waals surface area contributed by atoms with Crippen LogP contribution in [0.15, 0.2) is 58.4 Å². The van der Waals surface area contributed by atoms with Gasteiger partial charge < -0.3 is 4.57 Å². The molecule has 148 valence electrons. The Kier molecular flexibility index (Phi) is 6.74. The van der Waals surface area contributed by atoms with Gasteiger partial charge in [0.25, 0.3) is 5.91 Å². The van der Waals surface area contributed by atoms with Gasteiger partial charge in [0.05, 0.1) is 27.3 Å². The van der Waals surface area contributed by atoms with E-state index >= 15 is 0 Å². The highest BCUT2D eigenvalue weighted by atomic mass is 32.2. The van der Waals surface area contributed by atoms with E-state index in [4.69, 9.17) is 0 Å². The molecule has 0 unspecified atom stereocenters. The van der Waals surface area contributed by atoms with Crippen LogP contribution in [0.2, 0.25) is 0 Å². The van der Waals surface area contributed by atoms with Gasteiger partial charge >= 0.3 is 0 Å². The maximum absolute atomic E-state index is 12.5. The normalized spacial score (nSPS) is 12.6. The minimum atomic E-state index is -3.23. The molecule has 8 heteroatoms. The second kappa shape index (κ2) is 9.07. The summed E-state index contributed by atoms with van der Waals surface area (Å²) in [6.45, 7) is 2.41. The largest absolute Gasteiger partial charge is 0.316 e. The Bertz CT molecular complexity index is 1140. The van der Waals surface area contributed by atoms with Crippen LogP contribution in [0.25, 0.3) is 10.2 Å². The van der Waals surface area contributed by atoms with Gasteiger partial charge in [-0.15, -0.1) is 0 Å². The van der Waals surface area contributed by atoms with Gasteiger partial charge in [-0.05, 0) is 36.1 Å². The number of amides is 1. The Morgan fingerprint density at radius 1 is 1.14 bits per heavy atom. The first kappa shape index (κ1) is 20.8. The van der Waals surface area contributed by atoms with Gasteiger partial charge in [-0.25, -0.2) is 8.42 Å². The number of thiazole rings is 1. The van der Waals surface area contributed by atoms with E-state index in [-0.39, 0.29) is 23.0 Å². The standard InChI is InChI=1S/C20H22N2O3S3/c1-3-28(24,25)16-10-8-15(9-11-16)14-19(23)21-20-22(12-13-26-2)17-6-4-5-7-18(17)27-20/h4-11H,3,12-14H2,1-2H3. The number of rotatable bonds is 7. The zero-order chi connectivity index (χ0) is 20.1. The average molecular weight is 435 g/mol. The van der Waals surface area contributed by atoms with Crippen LogP contribution >= 0.6 is 23.1 Å². The smallest absolute Gasteiger partial charge is 0.252 e. The van der Waals surface area contributed by atoms with Crippen molar-refractivity contribution in [3.63, 3.8) is 0 Å². The molecular weight excluding hydrogens is 412 g/mol. The van der Waals surface area contributed by atoms with Crippen molar-refractivity contribution in [2.45, 2.75) is 24.8 Å². The lowest BCUT2D eigenvalue weighted by Crippen LogP contribution is -2.18. The van der Waals surface area contributed by atoms with E-state index < -0.39 is 9.84 Å². The molecule has 1 aromatic heterocycles. The van der Waals surface area contributed by atoms with Crippen molar-refractivity contribution in [1.29, 1.82) is 0 Å². The van der Waals surface area contributed by atoms with Gasteiger partial charge in [-0.3, -0.25) is 4.79 Å². The summed E-state index contributed by atoms with van der Waals surface area (Å²) < 4.78 is 27.0. The number of hydrogen-bond donors (Lipinski definition) is 0. The fourth-order valence-corrected chi connectivity index (χ4v) is 5.13. The SMILES string of the molecule is CCS(=O)(=O)c1ccc(CC(=O)N=c2sc3ccccc3n2CCSC)cc1. The van der Waals surface area contributed by atoms with Crippen LogP contribution < -0.4 is 4.80 Å². The third kappa shape index (κ3) is 4.74. The lowest BCUT2D eigenvalue weighted by molar-refractivity contribution is -0.117. The number of sulfone groups is 1. The monoisotopic (exact) mass is 434 g/mol. The van der Waals surface area contributed by atoms with Crippen LogP contribution in [0, 0.1) is 0 Å². The second-order valence-electron chi connectivity index (χ2n) is 6.23. The molecule has 0 saturated carbocycles. The maximum Gasteiger partial charge on any atom is 0.252 e. The van der Waals surface area contributed by atoms with Gasteiger partial charge in [0.15, 0.2) is 14.6 Å². The van der Waals surface area contributed by atoms with Gasteiger partial charge in [-0.2, -0.15) is 16.8 Å². The molecule has 0 N–H and O–H groups in total. The Morgan fingerprint density at radius 2 is 1.86 bits per heavy atom. The molecular formula is C20H22N2O3S3. The molecule has 1 heterocycles. The Labute approximate surface area is 173 Å². The number of carbonyl (C=O) groups is 1. The summed E-state index contributed by atoms with van der Waals surface area (Å²) in [6.07, 6.45) is 2.20. The second-order valence-corrected chi connectivity index (χ2v) is 10.5. The quantitative estimate of drug-likeness (QED) is 0.570. The predicted molar refractivity (Wildman–Crippen MR) is 117 cm³/mol. The summed E-state index contributed by atoms with van der Waals surface area (Å²) in [6, 6.07) is 14.5. The fourth-order valence-electron chi connectivity index (χ4n) is 2.81. The Balaban J connectivity index is 1.86. The number of nitrogens with zero attached hydrogens (tertiary/aromatic N) is 2. The van der Waals surface area contributed by atoms with Crippen molar-refractivity contribution < 1.29 is 13.2 Å². The molecule has 5 nitrogen and oxygen atoms in total. The highest BCUT2D eigenvalue weighted by Gasteiger charge is 2.12. The number of carbonyl (C=O) groups excluding carboxylic acids is 1. The minimum Gasteiger partial charge on any atom is -0.316 e. The zero-order valence-corrected chi connectivity index (χ0v) is 18.2. The average Bonchev–Trinajstić information content (AvgIpc) is 3.03. The molecule has 0 aliphatic rings. The van der Waals surface area contributed by atoms with Crippen molar-refractivity contribution in [3.8, 4) is 0 Å². The zero-order valence-electron chi connectivity index (χ0n) is 15.8. The van der Waals surface area contributed by atoms with Gasteiger partial charge in [0.2, 0.25) is 0 Å². The van der Waals surface area contributed by atoms with Gasteiger partial charge in [0, 0.05) is 12.3 Å². The number of para-hydroxylation sites is 1. The fraction of sp³-hybridized carbons (Fsp3) is 0.300. The Morgan fingerprint density at radius 3 is 2.54 bits per heavy atom. The topological polar surface area (TPSA) is 68.5 Å². The minimum absolute atomic E-state index is 0.0581. The number of fused-ring (bicyclic) bond motifs is 1. The molecule has 0 spiro atoms. The first-order chi connectivity index (χ1) is 13.4. The number of benzene rings is 2. The van der Waals surface area contributed by atoms with Crippen LogP contribution in [-0.4, -0.2) is 36.7 Å². The van der Waals surface area contributed by atoms with Crippen LogP contribution in [0.4, 0.5) is 0 Å². The summed E-state index contributed by atoms with van der Waals surface area (Å²) >= 11 is 3.26. The lowest BCUT2D eigenvalue weighted by atomic mass is 10.1. The third-order valence-electron chi connectivity index (χ3n) is 4.35. The van der Waals surface area contributed by atoms with Crippen molar-refractivity contribution in [2.24, 2.45) is 4.99 Å². The maximum atomic E-state index is 12.5. The van der Waals surface area contributed by atoms with E-state index in [0.717, 1.165) is 28.1 Å². The highest BCUT2D eigenvalue weighted by Crippen LogP contribution is 2.17. The molecule has 3 aromatic rings. The summed E-state index contributed by atoms with van der Waals surface area (Å²) in [7, 11) is -3.23. The number of aryl methyl sites for hydroxylation is 1. The summed E-state index contributed by atoms with van der Waals surface area (Å²) in [5.41, 5.74) is 1.84. The third-order valence-corrected chi connectivity index (χ3v) is 7.75. The molecule has 2 aromatic carbocycles. The van der Waals surface area contributed by atoms with Gasteiger partial charge in [-0.1, -0.05) is 42.5 Å². The van der Waals surface area contributed by atoms with Crippen molar-refractivity contribution in [1.82, 2.24) is 4.57 Å². The van der Waals surface area contributed by atoms with Crippen LogP contribution in [0.1, 0.15) is 12.5 Å². The van der Waals surface area contributed by atoms with E-state index in [1.807, 2.05) is 24.3 Å². The predicted octanol–water partition coefficient (Wildman–Crippen LogP) is 3.53. The van der Waals surface area contributed by atoms with Crippen LogP contribution in [-0.2, 0) is 27.6 Å². The van der Waals surface area contributed by atoms with Crippen LogP contribution in [0.3, 0.4) is 0 Å². The first-order valence-corrected chi connectivity index (χ1v) is 12.8. The molecule has 3 rings (SSSR count). The molecule has 0 fully saturated rings. The van der Waals surface area contributed by atoms with Crippen LogP contribution in [0.5, 0.6) is 0 Å². The molecule has 1 amide bonds. The molecule has 0 radical (unpaired) electrons. The number of aromatic nitrogens is 1. The molecule has 0 saturated heterocycles. The molecule has 0 aliphatic heterocycles. The van der Waals surface area contributed by atoms with E-state index in [2.05, 4.69) is 15.8 Å². The van der Waals surface area contributed by atoms with E-state index in [0.29, 0.717) is 4.80 Å². The first-order valence-electron chi connectivity index (χ1n) is 8.91. The van der Waals surface area contributed by atoms with Gasteiger partial charge in [0.1, 0.15) is 0 Å². The Hall–Kier alpha value is -1.90. The number of hydrogen-bond acceptors (Lipinski definition) is 5. The molecule has 28 heavy (non-hydrogen) atoms. The molecule has 0 atom stereocenters.